The van der Waals surface area contributed by atoms with Gasteiger partial charge in [0, 0.05) is 45.8 Å². The summed E-state index contributed by atoms with van der Waals surface area (Å²) < 4.78 is 11.3. The zero-order valence-electron chi connectivity index (χ0n) is 15.3. The van der Waals surface area contributed by atoms with Crippen molar-refractivity contribution in [2.75, 3.05) is 39.3 Å². The molecule has 3 heterocycles. The molecule has 0 bridgehead atoms. The summed E-state index contributed by atoms with van der Waals surface area (Å²) in [7, 11) is 5.54. The van der Waals surface area contributed by atoms with Gasteiger partial charge in [-0.2, -0.15) is 0 Å². The summed E-state index contributed by atoms with van der Waals surface area (Å²) in [6, 6.07) is 7.28. The summed E-state index contributed by atoms with van der Waals surface area (Å²) >= 11 is 0. The molecule has 0 aromatic carbocycles. The van der Waals surface area contributed by atoms with Gasteiger partial charge in [-0.15, -0.1) is 0 Å². The number of ether oxygens (including phenoxy) is 2. The molecule has 0 N–H and O–H groups in total. The van der Waals surface area contributed by atoms with Crippen molar-refractivity contribution in [2.45, 2.75) is 18.6 Å². The van der Waals surface area contributed by atoms with E-state index >= 15 is 0 Å². The lowest BCUT2D eigenvalue weighted by Gasteiger charge is -2.24. The fourth-order valence-corrected chi connectivity index (χ4v) is 3.04. The van der Waals surface area contributed by atoms with Crippen molar-refractivity contribution in [1.29, 1.82) is 0 Å². The van der Waals surface area contributed by atoms with Crippen molar-refractivity contribution < 1.29 is 14.3 Å². The van der Waals surface area contributed by atoms with Crippen LogP contribution in [0.3, 0.4) is 0 Å². The summed E-state index contributed by atoms with van der Waals surface area (Å²) in [5, 5.41) is 0. The first-order chi connectivity index (χ1) is 12.6. The average Bonchev–Trinajstić information content (AvgIpc) is 3.10. The Hall–Kier alpha value is -2.67. The number of pyridine rings is 2. The molecule has 0 aliphatic carbocycles. The molecule has 1 saturated heterocycles. The van der Waals surface area contributed by atoms with Gasteiger partial charge in [0.25, 0.3) is 5.91 Å². The second-order valence-corrected chi connectivity index (χ2v) is 6.50. The van der Waals surface area contributed by atoms with Crippen LogP contribution in [0.4, 0.5) is 5.69 Å². The quantitative estimate of drug-likeness (QED) is 0.787. The van der Waals surface area contributed by atoms with E-state index in [-0.39, 0.29) is 18.1 Å². The van der Waals surface area contributed by atoms with Crippen LogP contribution in [0, 0.1) is 0 Å². The SMILES string of the molecule is CO[C@@H]1C[C@@H](COc2cccnc2)N(C(=O)c2cc(N(C)C)ccn2)C1. The summed E-state index contributed by atoms with van der Waals surface area (Å²) in [5.74, 6) is 0.585. The Bertz CT molecular complexity index is 739. The van der Waals surface area contributed by atoms with Gasteiger partial charge >= 0.3 is 0 Å². The number of carbonyl (C=O) groups excluding carboxylic acids is 1. The van der Waals surface area contributed by atoms with E-state index in [0.29, 0.717) is 24.6 Å². The molecule has 0 radical (unpaired) electrons. The van der Waals surface area contributed by atoms with Gasteiger partial charge in [0.05, 0.1) is 18.3 Å². The van der Waals surface area contributed by atoms with Crippen molar-refractivity contribution in [2.24, 2.45) is 0 Å². The Morgan fingerprint density at radius 2 is 2.19 bits per heavy atom. The molecule has 1 aliphatic heterocycles. The van der Waals surface area contributed by atoms with Crippen LogP contribution in [0.15, 0.2) is 42.9 Å². The highest BCUT2D eigenvalue weighted by molar-refractivity contribution is 5.93. The molecule has 1 fully saturated rings. The summed E-state index contributed by atoms with van der Waals surface area (Å²) in [6.45, 7) is 0.926. The number of nitrogens with zero attached hydrogens (tertiary/aromatic N) is 4. The minimum Gasteiger partial charge on any atom is -0.490 e. The number of amides is 1. The van der Waals surface area contributed by atoms with E-state index in [4.69, 9.17) is 9.47 Å². The summed E-state index contributed by atoms with van der Waals surface area (Å²) in [5.41, 5.74) is 1.37. The summed E-state index contributed by atoms with van der Waals surface area (Å²) in [4.78, 5) is 25.1. The molecule has 0 saturated carbocycles. The van der Waals surface area contributed by atoms with Gasteiger partial charge in [-0.3, -0.25) is 14.8 Å². The molecular formula is C19H24N4O3. The zero-order chi connectivity index (χ0) is 18.5. The largest absolute Gasteiger partial charge is 0.490 e. The first kappa shape index (κ1) is 18.1. The molecule has 0 unspecified atom stereocenters. The van der Waals surface area contributed by atoms with E-state index < -0.39 is 0 Å². The Morgan fingerprint density at radius 1 is 1.35 bits per heavy atom. The first-order valence-electron chi connectivity index (χ1n) is 8.58. The molecule has 1 aliphatic rings. The van der Waals surface area contributed by atoms with E-state index in [1.165, 1.54) is 0 Å². The van der Waals surface area contributed by atoms with Gasteiger partial charge in [0.2, 0.25) is 0 Å². The third kappa shape index (κ3) is 4.11. The van der Waals surface area contributed by atoms with Gasteiger partial charge in [-0.25, -0.2) is 0 Å². The van der Waals surface area contributed by atoms with E-state index in [9.17, 15) is 4.79 Å². The maximum Gasteiger partial charge on any atom is 0.272 e. The summed E-state index contributed by atoms with van der Waals surface area (Å²) in [6.07, 6.45) is 5.75. The predicted molar refractivity (Wildman–Crippen MR) is 98.5 cm³/mol. The topological polar surface area (TPSA) is 67.8 Å². The molecule has 1 amide bonds. The number of anilines is 1. The highest BCUT2D eigenvalue weighted by Gasteiger charge is 2.36. The minimum absolute atomic E-state index is 0.00141. The van der Waals surface area contributed by atoms with E-state index in [1.807, 2.05) is 43.3 Å². The van der Waals surface area contributed by atoms with Gasteiger partial charge in [-0.1, -0.05) is 0 Å². The Labute approximate surface area is 153 Å². The monoisotopic (exact) mass is 356 g/mol. The second kappa shape index (κ2) is 8.14. The van der Waals surface area contributed by atoms with Crippen molar-refractivity contribution in [3.63, 3.8) is 0 Å². The number of aromatic nitrogens is 2. The molecule has 3 rings (SSSR count). The number of hydrogen-bond acceptors (Lipinski definition) is 6. The molecular weight excluding hydrogens is 332 g/mol. The molecule has 138 valence electrons. The number of rotatable bonds is 6. The lowest BCUT2D eigenvalue weighted by Crippen LogP contribution is -2.39. The normalized spacial score (nSPS) is 19.4. The predicted octanol–water partition coefficient (Wildman–Crippen LogP) is 1.85. The van der Waals surface area contributed by atoms with Crippen LogP contribution in [0.5, 0.6) is 5.75 Å². The molecule has 26 heavy (non-hydrogen) atoms. The van der Waals surface area contributed by atoms with Gasteiger partial charge < -0.3 is 19.3 Å². The maximum absolute atomic E-state index is 13.0. The number of methoxy groups -OCH3 is 1. The Kier molecular flexibility index (Phi) is 5.68. The van der Waals surface area contributed by atoms with Crippen LogP contribution in [-0.2, 0) is 4.74 Å². The van der Waals surface area contributed by atoms with E-state index in [1.54, 1.807) is 30.6 Å². The van der Waals surface area contributed by atoms with Crippen LogP contribution >= 0.6 is 0 Å². The lowest BCUT2D eigenvalue weighted by atomic mass is 10.2. The lowest BCUT2D eigenvalue weighted by molar-refractivity contribution is 0.0652. The standard InChI is InChI=1S/C19H24N4O3/c1-22(2)14-6-8-21-18(10-14)19(24)23-12-17(25-3)9-15(23)13-26-16-5-4-7-20-11-16/h4-8,10-11,15,17H,9,12-13H2,1-3H3/t15-,17+/m0/s1. The van der Waals surface area contributed by atoms with E-state index in [0.717, 1.165) is 12.1 Å². The third-order valence-electron chi connectivity index (χ3n) is 4.53. The van der Waals surface area contributed by atoms with Crippen LogP contribution in [-0.4, -0.2) is 67.3 Å². The van der Waals surface area contributed by atoms with E-state index in [2.05, 4.69) is 9.97 Å². The zero-order valence-corrected chi connectivity index (χ0v) is 15.3. The molecule has 7 heteroatoms. The fourth-order valence-electron chi connectivity index (χ4n) is 3.04. The van der Waals surface area contributed by atoms with Gasteiger partial charge in [0.1, 0.15) is 18.1 Å². The highest BCUT2D eigenvalue weighted by atomic mass is 16.5. The Morgan fingerprint density at radius 3 is 2.88 bits per heavy atom. The van der Waals surface area contributed by atoms with Crippen molar-refractivity contribution in [1.82, 2.24) is 14.9 Å². The number of likely N-dealkylation sites (tertiary alicyclic amines) is 1. The molecule has 2 atom stereocenters. The number of carbonyl (C=O) groups is 1. The third-order valence-corrected chi connectivity index (χ3v) is 4.53. The average molecular weight is 356 g/mol. The van der Waals surface area contributed by atoms with Gasteiger partial charge in [-0.05, 0) is 30.7 Å². The van der Waals surface area contributed by atoms with Crippen molar-refractivity contribution in [3.8, 4) is 5.75 Å². The van der Waals surface area contributed by atoms with Crippen LogP contribution in [0.1, 0.15) is 16.9 Å². The maximum atomic E-state index is 13.0. The Balaban J connectivity index is 1.74. The molecule has 0 spiro atoms. The molecule has 7 nitrogen and oxygen atoms in total. The van der Waals surface area contributed by atoms with Crippen LogP contribution < -0.4 is 9.64 Å². The second-order valence-electron chi connectivity index (χ2n) is 6.50. The smallest absolute Gasteiger partial charge is 0.272 e. The van der Waals surface area contributed by atoms with Crippen LogP contribution in [0.25, 0.3) is 0 Å². The molecule has 2 aromatic rings. The first-order valence-corrected chi connectivity index (χ1v) is 8.58. The number of hydrogen-bond donors (Lipinski definition) is 0. The molecule has 2 aromatic heterocycles. The van der Waals surface area contributed by atoms with Crippen LogP contribution in [0.2, 0.25) is 0 Å². The van der Waals surface area contributed by atoms with Crippen molar-refractivity contribution in [3.05, 3.63) is 48.5 Å². The highest BCUT2D eigenvalue weighted by Crippen LogP contribution is 2.24. The minimum atomic E-state index is -0.104. The van der Waals surface area contributed by atoms with Crippen molar-refractivity contribution >= 4 is 11.6 Å². The fraction of sp³-hybridized carbons (Fsp3) is 0.421. The van der Waals surface area contributed by atoms with Gasteiger partial charge in [0.15, 0.2) is 0 Å².